The molecule has 7 rings (SSSR count). The van der Waals surface area contributed by atoms with Crippen molar-refractivity contribution in [1.82, 2.24) is 25.8 Å². The van der Waals surface area contributed by atoms with Crippen LogP contribution in [0, 0.1) is 6.92 Å². The van der Waals surface area contributed by atoms with Crippen LogP contribution in [-0.2, 0) is 27.5 Å². The number of hydrogen-bond donors (Lipinski definition) is 5. The molecular formula is C46H49N7O6S. The Balaban J connectivity index is 0.792. The monoisotopic (exact) mass is 827 g/mol. The lowest BCUT2D eigenvalue weighted by atomic mass is 10.0. The Morgan fingerprint density at radius 3 is 2.43 bits per heavy atom. The van der Waals surface area contributed by atoms with Crippen LogP contribution in [0.3, 0.4) is 0 Å². The average molecular weight is 828 g/mol. The quantitative estimate of drug-likeness (QED) is 0.0445. The predicted molar refractivity (Wildman–Crippen MR) is 232 cm³/mol. The maximum absolute atomic E-state index is 13.5. The number of hydrogen-bond acceptors (Lipinski definition) is 9. The van der Waals surface area contributed by atoms with Gasteiger partial charge in [-0.15, -0.1) is 11.3 Å². The number of carbonyl (C=O) groups is 6. The fourth-order valence-electron chi connectivity index (χ4n) is 7.59. The molecule has 0 saturated carbocycles. The van der Waals surface area contributed by atoms with Crippen LogP contribution in [-0.4, -0.2) is 57.9 Å². The Labute approximate surface area is 352 Å². The second-order valence-corrected chi connectivity index (χ2v) is 16.2. The smallest absolute Gasteiger partial charge is 0.257 e. The number of benzene rings is 3. The van der Waals surface area contributed by atoms with Gasteiger partial charge in [0.05, 0.1) is 16.8 Å². The lowest BCUT2D eigenvalue weighted by Crippen LogP contribution is -2.52. The highest BCUT2D eigenvalue weighted by Crippen LogP contribution is 2.31. The Hall–Kier alpha value is -6.41. The number of fused-ring (bicyclic) bond motifs is 2. The van der Waals surface area contributed by atoms with Gasteiger partial charge >= 0.3 is 0 Å². The SMILES string of the molecule is Cc1ccccc1Nc1ncc(C(=O)NCCCCCCCCCC(=O)NCc2ccc3c(c2)CN(C2CCC(=O)NC2=O)C3=O)cc1NC(=O)c1csc2ccccc12. The molecule has 6 amide bonds. The number of anilines is 3. The zero-order chi connectivity index (χ0) is 42.0. The van der Waals surface area contributed by atoms with Crippen LogP contribution < -0.4 is 26.6 Å². The highest BCUT2D eigenvalue weighted by molar-refractivity contribution is 7.17. The van der Waals surface area contributed by atoms with E-state index >= 15 is 0 Å². The van der Waals surface area contributed by atoms with Crippen LogP contribution in [0.1, 0.15) is 112 Å². The minimum Gasteiger partial charge on any atom is -0.352 e. The molecule has 13 nitrogen and oxygen atoms in total. The van der Waals surface area contributed by atoms with E-state index in [9.17, 15) is 28.8 Å². The van der Waals surface area contributed by atoms with E-state index in [1.807, 2.05) is 73.0 Å². The highest BCUT2D eigenvalue weighted by atomic mass is 32.1. The van der Waals surface area contributed by atoms with E-state index in [0.717, 1.165) is 77.4 Å². The van der Waals surface area contributed by atoms with Gasteiger partial charge in [-0.2, -0.15) is 0 Å². The molecular weight excluding hydrogens is 779 g/mol. The summed E-state index contributed by atoms with van der Waals surface area (Å²) >= 11 is 1.51. The summed E-state index contributed by atoms with van der Waals surface area (Å²) in [6, 6.07) is 22.0. The van der Waals surface area contributed by atoms with Crippen molar-refractivity contribution in [3.63, 3.8) is 0 Å². The van der Waals surface area contributed by atoms with Crippen LogP contribution in [0.2, 0.25) is 0 Å². The topological polar surface area (TPSA) is 179 Å². The van der Waals surface area contributed by atoms with E-state index in [-0.39, 0.29) is 36.0 Å². The first-order valence-electron chi connectivity index (χ1n) is 20.6. The summed E-state index contributed by atoms with van der Waals surface area (Å²) in [6.45, 7) is 3.15. The van der Waals surface area contributed by atoms with Crippen molar-refractivity contribution in [2.24, 2.45) is 0 Å². The molecule has 1 saturated heterocycles. The molecule has 14 heteroatoms. The van der Waals surface area contributed by atoms with Crippen LogP contribution in [0.15, 0.2) is 84.4 Å². The highest BCUT2D eigenvalue weighted by Gasteiger charge is 2.39. The number of imide groups is 1. The van der Waals surface area contributed by atoms with Crippen LogP contribution >= 0.6 is 11.3 Å². The Morgan fingerprint density at radius 2 is 1.62 bits per heavy atom. The fraction of sp³-hybridized carbons (Fsp3) is 0.326. The van der Waals surface area contributed by atoms with Gasteiger partial charge < -0.3 is 26.2 Å². The van der Waals surface area contributed by atoms with E-state index in [0.29, 0.717) is 60.7 Å². The molecule has 1 unspecified atom stereocenters. The third-order valence-electron chi connectivity index (χ3n) is 11.0. The molecule has 0 bridgehead atoms. The second-order valence-electron chi connectivity index (χ2n) is 15.3. The van der Waals surface area contributed by atoms with E-state index in [2.05, 4.69) is 31.6 Å². The summed E-state index contributed by atoms with van der Waals surface area (Å²) in [7, 11) is 0. The first-order chi connectivity index (χ1) is 29.1. The van der Waals surface area contributed by atoms with Crippen molar-refractivity contribution in [3.05, 3.63) is 118 Å². The van der Waals surface area contributed by atoms with Crippen molar-refractivity contribution in [2.45, 2.75) is 90.3 Å². The lowest BCUT2D eigenvalue weighted by molar-refractivity contribution is -0.137. The summed E-state index contributed by atoms with van der Waals surface area (Å²) in [5.74, 6) is -1.10. The molecule has 5 aromatic rings. The zero-order valence-electron chi connectivity index (χ0n) is 33.6. The number of aryl methyl sites for hydroxylation is 1. The first-order valence-corrected chi connectivity index (χ1v) is 21.4. The molecule has 4 heterocycles. The van der Waals surface area contributed by atoms with Gasteiger partial charge in [0.2, 0.25) is 17.7 Å². The Kier molecular flexibility index (Phi) is 13.6. The number of pyridine rings is 1. The predicted octanol–water partition coefficient (Wildman–Crippen LogP) is 7.53. The molecule has 5 N–H and O–H groups in total. The number of aromatic nitrogens is 1. The van der Waals surface area contributed by atoms with Gasteiger partial charge in [0.15, 0.2) is 5.82 Å². The number of thiophene rings is 1. The van der Waals surface area contributed by atoms with Gasteiger partial charge in [-0.05, 0) is 67.1 Å². The maximum Gasteiger partial charge on any atom is 0.257 e. The van der Waals surface area contributed by atoms with Gasteiger partial charge in [-0.25, -0.2) is 4.98 Å². The molecule has 1 fully saturated rings. The van der Waals surface area contributed by atoms with Crippen molar-refractivity contribution in [1.29, 1.82) is 0 Å². The minimum absolute atomic E-state index is 0.0227. The molecule has 1 atom stereocenters. The van der Waals surface area contributed by atoms with Crippen molar-refractivity contribution in [2.75, 3.05) is 17.2 Å². The summed E-state index contributed by atoms with van der Waals surface area (Å²) in [4.78, 5) is 82.1. The number of piperidine rings is 1. The molecule has 2 aromatic heterocycles. The summed E-state index contributed by atoms with van der Waals surface area (Å²) < 4.78 is 1.02. The molecule has 2 aliphatic rings. The number of unbranched alkanes of at least 4 members (excludes halogenated alkanes) is 6. The fourth-order valence-corrected chi connectivity index (χ4v) is 8.53. The minimum atomic E-state index is -0.656. The third kappa shape index (κ3) is 10.2. The largest absolute Gasteiger partial charge is 0.352 e. The van der Waals surface area contributed by atoms with Crippen LogP contribution in [0.5, 0.6) is 0 Å². The number of carbonyl (C=O) groups excluding carboxylic acids is 6. The molecule has 0 aliphatic carbocycles. The van der Waals surface area contributed by atoms with E-state index in [4.69, 9.17) is 0 Å². The Bertz CT molecular complexity index is 2430. The standard InChI is InChI=1S/C46H49N7O6S/c1-29-13-8-10-15-36(29)50-42-37(51-44(57)35-28-60-39-16-11-9-14-34(35)39)24-31(26-49-42)43(56)47-22-12-6-4-2-3-5-7-17-40(54)48-25-30-18-19-33-32(23-30)27-53(46(33)59)38-20-21-41(55)52-45(38)58/h8-11,13-16,18-19,23-24,26,28,38H,2-7,12,17,20-22,25,27H2,1H3,(H,47,56)(H,48,54)(H,49,50)(H,51,57)(H,52,55,58). The van der Waals surface area contributed by atoms with Gasteiger partial charge in [0.25, 0.3) is 17.7 Å². The number of nitrogens with one attached hydrogen (secondary N) is 5. The number of para-hydroxylation sites is 1. The van der Waals surface area contributed by atoms with Crippen molar-refractivity contribution >= 4 is 74.1 Å². The molecule has 0 radical (unpaired) electrons. The summed E-state index contributed by atoms with van der Waals surface area (Å²) in [6.07, 6.45) is 9.10. The first kappa shape index (κ1) is 41.7. The van der Waals surface area contributed by atoms with Crippen LogP contribution in [0.4, 0.5) is 17.2 Å². The van der Waals surface area contributed by atoms with Crippen LogP contribution in [0.25, 0.3) is 10.1 Å². The number of amides is 6. The van der Waals surface area contributed by atoms with Gasteiger partial charge in [-0.1, -0.05) is 80.6 Å². The summed E-state index contributed by atoms with van der Waals surface area (Å²) in [5, 5.41) is 17.3. The Morgan fingerprint density at radius 1 is 0.850 bits per heavy atom. The molecule has 2 aliphatic heterocycles. The lowest BCUT2D eigenvalue weighted by Gasteiger charge is -2.29. The molecule has 60 heavy (non-hydrogen) atoms. The maximum atomic E-state index is 13.5. The zero-order valence-corrected chi connectivity index (χ0v) is 34.4. The van der Waals surface area contributed by atoms with Crippen molar-refractivity contribution in [3.8, 4) is 0 Å². The number of nitrogens with zero attached hydrogens (tertiary/aromatic N) is 2. The van der Waals surface area contributed by atoms with Crippen molar-refractivity contribution < 1.29 is 28.8 Å². The van der Waals surface area contributed by atoms with E-state index < -0.39 is 11.9 Å². The third-order valence-corrected chi connectivity index (χ3v) is 11.9. The normalized spacial score (nSPS) is 14.8. The summed E-state index contributed by atoms with van der Waals surface area (Å²) in [5.41, 5.74) is 5.42. The molecule has 3 aromatic carbocycles. The van der Waals surface area contributed by atoms with E-state index in [1.54, 1.807) is 12.1 Å². The van der Waals surface area contributed by atoms with Gasteiger partial charge in [0, 0.05) is 65.4 Å². The number of rotatable bonds is 18. The van der Waals surface area contributed by atoms with Gasteiger partial charge in [-0.3, -0.25) is 34.1 Å². The van der Waals surface area contributed by atoms with Gasteiger partial charge in [0.1, 0.15) is 6.04 Å². The second kappa shape index (κ2) is 19.6. The molecule has 310 valence electrons. The van der Waals surface area contributed by atoms with E-state index in [1.165, 1.54) is 22.4 Å². The molecule has 0 spiro atoms. The average Bonchev–Trinajstić information content (AvgIpc) is 3.82.